The maximum absolute atomic E-state index is 2.61. The van der Waals surface area contributed by atoms with Crippen molar-refractivity contribution >= 4 is 0 Å². The highest BCUT2D eigenvalue weighted by Crippen LogP contribution is 2.11. The van der Waals surface area contributed by atoms with Crippen molar-refractivity contribution in [3.05, 3.63) is 0 Å². The van der Waals surface area contributed by atoms with E-state index in [2.05, 4.69) is 83.9 Å². The molecule has 0 amide bonds. The van der Waals surface area contributed by atoms with Gasteiger partial charge in [-0.1, -0.05) is 0 Å². The van der Waals surface area contributed by atoms with E-state index in [0.29, 0.717) is 30.2 Å². The third kappa shape index (κ3) is 7.62. The van der Waals surface area contributed by atoms with Gasteiger partial charge in [0.15, 0.2) is 0 Å². The van der Waals surface area contributed by atoms with Gasteiger partial charge in [-0.05, 0) is 69.2 Å². The summed E-state index contributed by atoms with van der Waals surface area (Å²) >= 11 is 0. The van der Waals surface area contributed by atoms with Crippen LogP contribution in [-0.2, 0) is 0 Å². The predicted molar refractivity (Wildman–Crippen MR) is 95.8 cm³/mol. The van der Waals surface area contributed by atoms with Crippen molar-refractivity contribution in [3.8, 4) is 0 Å². The molecule has 3 nitrogen and oxygen atoms in total. The molecule has 0 aliphatic rings. The van der Waals surface area contributed by atoms with Gasteiger partial charge in [-0.25, -0.2) is 0 Å². The van der Waals surface area contributed by atoms with Crippen LogP contribution in [0.4, 0.5) is 0 Å². The van der Waals surface area contributed by atoms with Crippen molar-refractivity contribution in [1.29, 1.82) is 0 Å². The van der Waals surface area contributed by atoms with E-state index >= 15 is 0 Å². The average molecular weight is 300 g/mol. The molecule has 0 aliphatic heterocycles. The molecule has 0 aliphatic carbocycles. The van der Waals surface area contributed by atoms with Crippen LogP contribution in [0.3, 0.4) is 0 Å². The first-order valence-electron chi connectivity index (χ1n) is 8.83. The van der Waals surface area contributed by atoms with Gasteiger partial charge < -0.3 is 0 Å². The average Bonchev–Trinajstić information content (AvgIpc) is 2.30. The fourth-order valence-electron chi connectivity index (χ4n) is 2.98. The molecule has 0 saturated heterocycles. The van der Waals surface area contributed by atoms with Gasteiger partial charge in [-0.15, -0.1) is 0 Å². The van der Waals surface area contributed by atoms with Crippen LogP contribution in [0.2, 0.25) is 0 Å². The first-order valence-corrected chi connectivity index (χ1v) is 8.83. The van der Waals surface area contributed by atoms with Crippen molar-refractivity contribution in [2.24, 2.45) is 0 Å². The van der Waals surface area contributed by atoms with Crippen LogP contribution in [-0.4, -0.2) is 64.7 Å². The maximum atomic E-state index is 2.61. The van der Waals surface area contributed by atoms with Crippen LogP contribution in [0.25, 0.3) is 0 Å². The van der Waals surface area contributed by atoms with Crippen molar-refractivity contribution in [1.82, 2.24) is 14.7 Å². The van der Waals surface area contributed by atoms with Gasteiger partial charge in [0, 0.05) is 43.3 Å². The summed E-state index contributed by atoms with van der Waals surface area (Å²) in [5.74, 6) is 0. The van der Waals surface area contributed by atoms with Crippen molar-refractivity contribution in [2.75, 3.05) is 19.8 Å². The minimum atomic E-state index is 0.589. The summed E-state index contributed by atoms with van der Waals surface area (Å²) in [6, 6.07) is 3.01. The number of nitrogens with zero attached hydrogens (tertiary/aromatic N) is 3. The summed E-state index contributed by atoms with van der Waals surface area (Å²) < 4.78 is 0. The Labute approximate surface area is 134 Å². The van der Waals surface area contributed by atoms with E-state index in [0.717, 1.165) is 19.8 Å². The second-order valence-corrected chi connectivity index (χ2v) is 7.67. The first-order chi connectivity index (χ1) is 9.57. The van der Waals surface area contributed by atoms with Crippen LogP contribution in [0.15, 0.2) is 0 Å². The van der Waals surface area contributed by atoms with E-state index in [1.807, 2.05) is 0 Å². The van der Waals surface area contributed by atoms with E-state index in [4.69, 9.17) is 0 Å². The number of hydrogen-bond acceptors (Lipinski definition) is 3. The molecule has 21 heavy (non-hydrogen) atoms. The molecule has 0 unspecified atom stereocenters. The summed E-state index contributed by atoms with van der Waals surface area (Å²) in [7, 11) is 0. The van der Waals surface area contributed by atoms with Gasteiger partial charge in [0.25, 0.3) is 0 Å². The third-order valence-corrected chi connectivity index (χ3v) is 4.37. The monoisotopic (exact) mass is 299 g/mol. The fourth-order valence-corrected chi connectivity index (χ4v) is 2.98. The molecule has 128 valence electrons. The number of hydrogen-bond donors (Lipinski definition) is 0. The maximum Gasteiger partial charge on any atom is 0.0514 e. The van der Waals surface area contributed by atoms with Crippen LogP contribution in [0.1, 0.15) is 69.2 Å². The Bertz CT molecular complexity index is 243. The molecule has 0 heterocycles. The highest BCUT2D eigenvalue weighted by Gasteiger charge is 2.21. The molecule has 0 radical (unpaired) electrons. The van der Waals surface area contributed by atoms with E-state index in [1.165, 1.54) is 0 Å². The van der Waals surface area contributed by atoms with Crippen molar-refractivity contribution in [3.63, 3.8) is 0 Å². The lowest BCUT2D eigenvalue weighted by molar-refractivity contribution is 0.0456. The Kier molecular flexibility index (Phi) is 9.75. The first kappa shape index (κ1) is 20.9. The zero-order valence-corrected chi connectivity index (χ0v) is 16.3. The van der Waals surface area contributed by atoms with E-state index in [1.54, 1.807) is 0 Å². The van der Waals surface area contributed by atoms with E-state index in [-0.39, 0.29) is 0 Å². The van der Waals surface area contributed by atoms with Crippen molar-refractivity contribution in [2.45, 2.75) is 99.4 Å². The lowest BCUT2D eigenvalue weighted by atomic mass is 10.2. The molecule has 0 bridgehead atoms. The summed E-state index contributed by atoms with van der Waals surface area (Å²) in [4.78, 5) is 7.78. The van der Waals surface area contributed by atoms with Gasteiger partial charge in [0.05, 0.1) is 6.67 Å². The summed E-state index contributed by atoms with van der Waals surface area (Å²) in [6.07, 6.45) is 0. The van der Waals surface area contributed by atoms with Gasteiger partial charge >= 0.3 is 0 Å². The van der Waals surface area contributed by atoms with Gasteiger partial charge in [-0.3, -0.25) is 14.7 Å². The number of rotatable bonds is 10. The normalized spacial score (nSPS) is 13.4. The Hall–Kier alpha value is -0.120. The Morgan fingerprint density at radius 1 is 0.476 bits per heavy atom. The SMILES string of the molecule is CC(C)N(CCN(C(C)C)C(C)C)CN(C(C)C)C(C)C. The Morgan fingerprint density at radius 2 is 0.857 bits per heavy atom. The minimum absolute atomic E-state index is 0.589. The van der Waals surface area contributed by atoms with Crippen molar-refractivity contribution < 1.29 is 0 Å². The lowest BCUT2D eigenvalue weighted by Crippen LogP contribution is -2.50. The van der Waals surface area contributed by atoms with E-state index < -0.39 is 0 Å². The molecular weight excluding hydrogens is 258 g/mol. The lowest BCUT2D eigenvalue weighted by Gasteiger charge is -2.39. The molecule has 0 rings (SSSR count). The second-order valence-electron chi connectivity index (χ2n) is 7.67. The van der Waals surface area contributed by atoms with Gasteiger partial charge in [-0.2, -0.15) is 0 Å². The molecule has 0 aromatic carbocycles. The highest BCUT2D eigenvalue weighted by molar-refractivity contribution is 4.74. The molecule has 0 saturated carbocycles. The highest BCUT2D eigenvalue weighted by atomic mass is 15.3. The Morgan fingerprint density at radius 3 is 1.14 bits per heavy atom. The zero-order valence-electron chi connectivity index (χ0n) is 16.3. The summed E-state index contributed by atoms with van der Waals surface area (Å²) in [5.41, 5.74) is 0. The molecule has 0 aromatic heterocycles. The molecule has 0 aromatic rings. The fraction of sp³-hybridized carbons (Fsp3) is 1.00. The summed E-state index contributed by atoms with van der Waals surface area (Å²) in [5, 5.41) is 0. The molecule has 0 atom stereocenters. The summed E-state index contributed by atoms with van der Waals surface area (Å²) in [6.45, 7) is 26.4. The molecule has 0 N–H and O–H groups in total. The standard InChI is InChI=1S/C18H41N3/c1-14(2)19(13-21(17(7)8)18(9)10)11-12-20(15(3)4)16(5)6/h14-18H,11-13H2,1-10H3. The molecule has 0 fully saturated rings. The molecule has 0 spiro atoms. The smallest absolute Gasteiger partial charge is 0.0514 e. The van der Waals surface area contributed by atoms with Crippen LogP contribution in [0, 0.1) is 0 Å². The van der Waals surface area contributed by atoms with Crippen LogP contribution in [0.5, 0.6) is 0 Å². The second kappa shape index (κ2) is 9.81. The van der Waals surface area contributed by atoms with Gasteiger partial charge in [0.2, 0.25) is 0 Å². The molecule has 3 heteroatoms. The zero-order chi connectivity index (χ0) is 16.7. The Balaban J connectivity index is 4.69. The minimum Gasteiger partial charge on any atom is -0.297 e. The van der Waals surface area contributed by atoms with Gasteiger partial charge in [0.1, 0.15) is 0 Å². The largest absolute Gasteiger partial charge is 0.297 e. The van der Waals surface area contributed by atoms with Crippen LogP contribution < -0.4 is 0 Å². The quantitative estimate of drug-likeness (QED) is 0.567. The molecular formula is C18H41N3. The third-order valence-electron chi connectivity index (χ3n) is 4.37. The topological polar surface area (TPSA) is 9.72 Å². The predicted octanol–water partition coefficient (Wildman–Crippen LogP) is 3.89. The van der Waals surface area contributed by atoms with E-state index in [9.17, 15) is 0 Å². The van der Waals surface area contributed by atoms with Crippen LogP contribution >= 0.6 is 0 Å².